The van der Waals surface area contributed by atoms with Crippen LogP contribution in [0.25, 0.3) is 0 Å². The van der Waals surface area contributed by atoms with Crippen molar-refractivity contribution in [1.82, 2.24) is 20.4 Å². The van der Waals surface area contributed by atoms with Crippen molar-refractivity contribution in [3.63, 3.8) is 0 Å². The summed E-state index contributed by atoms with van der Waals surface area (Å²) in [6, 6.07) is 6.40. The molecule has 2 fully saturated rings. The number of hydrogen-bond acceptors (Lipinski definition) is 5. The highest BCUT2D eigenvalue weighted by Crippen LogP contribution is 2.29. The van der Waals surface area contributed by atoms with Gasteiger partial charge >= 0.3 is 0 Å². The van der Waals surface area contributed by atoms with E-state index in [1.54, 1.807) is 4.90 Å². The van der Waals surface area contributed by atoms with Crippen molar-refractivity contribution in [3.8, 4) is 0 Å². The van der Waals surface area contributed by atoms with Crippen molar-refractivity contribution in [1.29, 1.82) is 0 Å². The highest BCUT2D eigenvalue weighted by atomic mass is 16.2. The summed E-state index contributed by atoms with van der Waals surface area (Å²) in [6.45, 7) is 7.61. The molecular weight excluding hydrogens is 344 g/mol. The summed E-state index contributed by atoms with van der Waals surface area (Å²) < 4.78 is 0. The van der Waals surface area contributed by atoms with E-state index in [4.69, 9.17) is 0 Å². The molecule has 3 aliphatic rings. The van der Waals surface area contributed by atoms with Gasteiger partial charge in [0.05, 0.1) is 0 Å². The second kappa shape index (κ2) is 7.05. The lowest BCUT2D eigenvalue weighted by atomic mass is 10.0. The number of piperidine rings is 1. The molecule has 7 heteroatoms. The predicted molar refractivity (Wildman–Crippen MR) is 99.8 cm³/mol. The quantitative estimate of drug-likeness (QED) is 0.763. The van der Waals surface area contributed by atoms with Crippen molar-refractivity contribution < 1.29 is 14.4 Å². The van der Waals surface area contributed by atoms with Gasteiger partial charge in [-0.25, -0.2) is 0 Å². The number of carbonyl (C=O) groups is 3. The van der Waals surface area contributed by atoms with Crippen molar-refractivity contribution >= 4 is 17.7 Å². The largest absolute Gasteiger partial charge is 0.322 e. The first-order valence-corrected chi connectivity index (χ1v) is 9.67. The minimum Gasteiger partial charge on any atom is -0.322 e. The molecule has 3 aliphatic heterocycles. The molecule has 3 atom stereocenters. The Hall–Kier alpha value is -2.25. The first-order valence-electron chi connectivity index (χ1n) is 9.67. The zero-order valence-corrected chi connectivity index (χ0v) is 15.8. The van der Waals surface area contributed by atoms with Crippen LogP contribution in [0.4, 0.5) is 0 Å². The number of imide groups is 1. The normalized spacial score (nSPS) is 29.0. The standard InChI is InChI=1S/C20H26N4O3/c1-12-8-21-9-13(2)23(12)10-14-3-4-15-11-24(20(27)16(15)7-14)17-5-6-18(25)22-19(17)26/h3-4,7,12-13,17,21H,5-6,8-11H2,1-2H3,(H,22,25,26)/t12-,13+,17?. The molecule has 2 saturated heterocycles. The minimum absolute atomic E-state index is 0.109. The van der Waals surface area contributed by atoms with E-state index in [1.165, 1.54) is 0 Å². The molecule has 1 aromatic carbocycles. The average molecular weight is 370 g/mol. The van der Waals surface area contributed by atoms with Gasteiger partial charge in [-0.05, 0) is 37.5 Å². The summed E-state index contributed by atoms with van der Waals surface area (Å²) in [7, 11) is 0. The molecule has 0 aromatic heterocycles. The van der Waals surface area contributed by atoms with Gasteiger partial charge in [-0.1, -0.05) is 12.1 Å². The molecule has 2 N–H and O–H groups in total. The summed E-state index contributed by atoms with van der Waals surface area (Å²) in [5.41, 5.74) is 2.76. The van der Waals surface area contributed by atoms with Crippen LogP contribution in [-0.4, -0.2) is 58.7 Å². The summed E-state index contributed by atoms with van der Waals surface area (Å²) in [5, 5.41) is 5.78. The molecule has 27 heavy (non-hydrogen) atoms. The Labute approximate surface area is 159 Å². The minimum atomic E-state index is -0.556. The van der Waals surface area contributed by atoms with E-state index >= 15 is 0 Å². The molecule has 3 heterocycles. The Kier molecular flexibility index (Phi) is 4.74. The number of nitrogens with one attached hydrogen (secondary N) is 2. The molecule has 144 valence electrons. The van der Waals surface area contributed by atoms with E-state index in [0.29, 0.717) is 30.6 Å². The SMILES string of the molecule is C[C@@H]1CNC[C@H](C)N1Cc1ccc2c(c1)C(=O)N(C1CCC(=O)NC1=O)C2. The molecule has 4 rings (SSSR count). The van der Waals surface area contributed by atoms with Crippen LogP contribution in [0.5, 0.6) is 0 Å². The fraction of sp³-hybridized carbons (Fsp3) is 0.550. The smallest absolute Gasteiger partial charge is 0.255 e. The third-order valence-corrected chi connectivity index (χ3v) is 5.97. The van der Waals surface area contributed by atoms with E-state index in [1.807, 2.05) is 12.1 Å². The van der Waals surface area contributed by atoms with Crippen LogP contribution < -0.4 is 10.6 Å². The third kappa shape index (κ3) is 3.37. The van der Waals surface area contributed by atoms with Crippen LogP contribution >= 0.6 is 0 Å². The summed E-state index contributed by atoms with van der Waals surface area (Å²) >= 11 is 0. The first kappa shape index (κ1) is 18.1. The number of amides is 3. The van der Waals surface area contributed by atoms with E-state index in [0.717, 1.165) is 30.8 Å². The van der Waals surface area contributed by atoms with Gasteiger partial charge in [0.2, 0.25) is 11.8 Å². The van der Waals surface area contributed by atoms with Gasteiger partial charge in [0.1, 0.15) is 6.04 Å². The van der Waals surface area contributed by atoms with Crippen molar-refractivity contribution in [3.05, 3.63) is 34.9 Å². The monoisotopic (exact) mass is 370 g/mol. The second-order valence-electron chi connectivity index (χ2n) is 7.92. The molecule has 0 bridgehead atoms. The lowest BCUT2D eigenvalue weighted by Gasteiger charge is -2.39. The number of nitrogens with zero attached hydrogens (tertiary/aromatic N) is 2. The maximum absolute atomic E-state index is 12.9. The average Bonchev–Trinajstić information content (AvgIpc) is 2.95. The molecule has 3 amide bonds. The lowest BCUT2D eigenvalue weighted by molar-refractivity contribution is -0.136. The molecule has 0 spiro atoms. The summed E-state index contributed by atoms with van der Waals surface area (Å²) in [5.74, 6) is -0.735. The van der Waals surface area contributed by atoms with Gasteiger partial charge in [-0.15, -0.1) is 0 Å². The Morgan fingerprint density at radius 1 is 1.11 bits per heavy atom. The zero-order chi connectivity index (χ0) is 19.1. The first-order chi connectivity index (χ1) is 12.9. The van der Waals surface area contributed by atoms with Gasteiger partial charge in [0.25, 0.3) is 5.91 Å². The topological polar surface area (TPSA) is 81.8 Å². The summed E-state index contributed by atoms with van der Waals surface area (Å²) in [6.07, 6.45) is 0.674. The van der Waals surface area contributed by atoms with Crippen molar-refractivity contribution in [2.45, 2.75) is 57.9 Å². The van der Waals surface area contributed by atoms with Crippen LogP contribution in [0.1, 0.15) is 48.2 Å². The number of piperazine rings is 1. The lowest BCUT2D eigenvalue weighted by Crippen LogP contribution is -2.54. The van der Waals surface area contributed by atoms with E-state index in [2.05, 4.69) is 35.4 Å². The Bertz CT molecular complexity index is 783. The van der Waals surface area contributed by atoms with Gasteiger partial charge in [-0.3, -0.25) is 24.6 Å². The Morgan fingerprint density at radius 3 is 2.56 bits per heavy atom. The molecule has 1 unspecified atom stereocenters. The number of fused-ring (bicyclic) bond motifs is 1. The second-order valence-corrected chi connectivity index (χ2v) is 7.92. The number of benzene rings is 1. The van der Waals surface area contributed by atoms with Crippen LogP contribution in [0.2, 0.25) is 0 Å². The van der Waals surface area contributed by atoms with Crippen LogP contribution in [0.15, 0.2) is 18.2 Å². The van der Waals surface area contributed by atoms with E-state index in [-0.39, 0.29) is 24.1 Å². The molecule has 1 aromatic rings. The molecular formula is C20H26N4O3. The summed E-state index contributed by atoms with van der Waals surface area (Å²) in [4.78, 5) is 40.5. The van der Waals surface area contributed by atoms with Gasteiger partial charge in [-0.2, -0.15) is 0 Å². The molecule has 0 radical (unpaired) electrons. The van der Waals surface area contributed by atoms with Gasteiger partial charge in [0.15, 0.2) is 0 Å². The third-order valence-electron chi connectivity index (χ3n) is 5.97. The molecule has 0 aliphatic carbocycles. The highest BCUT2D eigenvalue weighted by molar-refractivity contribution is 6.05. The van der Waals surface area contributed by atoms with Crippen LogP contribution in [0.3, 0.4) is 0 Å². The van der Waals surface area contributed by atoms with Gasteiger partial charge < -0.3 is 10.2 Å². The number of hydrogen-bond donors (Lipinski definition) is 2. The predicted octanol–water partition coefficient (Wildman–Crippen LogP) is 0.630. The number of carbonyl (C=O) groups excluding carboxylic acids is 3. The number of rotatable bonds is 3. The molecule has 0 saturated carbocycles. The van der Waals surface area contributed by atoms with E-state index < -0.39 is 6.04 Å². The van der Waals surface area contributed by atoms with Crippen molar-refractivity contribution in [2.75, 3.05) is 13.1 Å². The fourth-order valence-electron chi connectivity index (χ4n) is 4.39. The van der Waals surface area contributed by atoms with Gasteiger partial charge in [0, 0.05) is 50.2 Å². The fourth-order valence-corrected chi connectivity index (χ4v) is 4.39. The maximum atomic E-state index is 12.9. The maximum Gasteiger partial charge on any atom is 0.255 e. The van der Waals surface area contributed by atoms with Crippen molar-refractivity contribution in [2.24, 2.45) is 0 Å². The Morgan fingerprint density at radius 2 is 1.85 bits per heavy atom. The Balaban J connectivity index is 1.51. The van der Waals surface area contributed by atoms with E-state index in [9.17, 15) is 14.4 Å². The van der Waals surface area contributed by atoms with Crippen LogP contribution in [-0.2, 0) is 22.7 Å². The van der Waals surface area contributed by atoms with Crippen LogP contribution in [0, 0.1) is 0 Å². The highest BCUT2D eigenvalue weighted by Gasteiger charge is 2.39. The zero-order valence-electron chi connectivity index (χ0n) is 15.8. The molecule has 7 nitrogen and oxygen atoms in total.